The largest absolute Gasteiger partial charge is 0.319 e. The number of carbonyl (C=O) groups is 1. The van der Waals surface area contributed by atoms with Crippen molar-refractivity contribution in [3.05, 3.63) is 63.5 Å². The molecular formula is C16H10ClF2NOS. The summed E-state index contributed by atoms with van der Waals surface area (Å²) in [6.45, 7) is 1.68. The monoisotopic (exact) mass is 337 g/mol. The zero-order valence-electron chi connectivity index (χ0n) is 11.4. The van der Waals surface area contributed by atoms with Gasteiger partial charge in [-0.2, -0.15) is 0 Å². The topological polar surface area (TPSA) is 29.1 Å². The number of nitrogens with one attached hydrogen (secondary N) is 1. The lowest BCUT2D eigenvalue weighted by Crippen LogP contribution is -2.12. The first-order valence-corrected chi connectivity index (χ1v) is 7.61. The zero-order chi connectivity index (χ0) is 15.9. The molecule has 112 valence electrons. The van der Waals surface area contributed by atoms with Gasteiger partial charge in [-0.15, -0.1) is 11.3 Å². The summed E-state index contributed by atoms with van der Waals surface area (Å²) in [5.74, 6) is -1.46. The normalized spacial score (nSPS) is 10.9. The highest BCUT2D eigenvalue weighted by molar-refractivity contribution is 7.21. The van der Waals surface area contributed by atoms with Crippen LogP contribution >= 0.6 is 22.9 Å². The molecule has 1 heterocycles. The van der Waals surface area contributed by atoms with Gasteiger partial charge in [-0.25, -0.2) is 8.78 Å². The molecule has 0 fully saturated rings. The predicted octanol–water partition coefficient (Wildman–Crippen LogP) is 5.39. The van der Waals surface area contributed by atoms with E-state index >= 15 is 0 Å². The van der Waals surface area contributed by atoms with Gasteiger partial charge in [0.05, 0.1) is 10.6 Å². The lowest BCUT2D eigenvalue weighted by atomic mass is 10.1. The molecule has 0 atom stereocenters. The molecule has 0 bridgehead atoms. The molecule has 1 amide bonds. The summed E-state index contributed by atoms with van der Waals surface area (Å²) in [6, 6.07) is 8.68. The summed E-state index contributed by atoms with van der Waals surface area (Å²) in [5.41, 5.74) is 0.580. The Kier molecular flexibility index (Phi) is 3.85. The van der Waals surface area contributed by atoms with Gasteiger partial charge in [-0.3, -0.25) is 4.79 Å². The van der Waals surface area contributed by atoms with Crippen LogP contribution in [0.25, 0.3) is 10.1 Å². The SMILES string of the molecule is Cc1c(C(=O)Nc2ccc(Cl)cc2F)sc2cccc(F)c12. The first kappa shape index (κ1) is 14.9. The molecule has 1 N–H and O–H groups in total. The maximum absolute atomic E-state index is 13.9. The zero-order valence-corrected chi connectivity index (χ0v) is 13.0. The molecule has 0 aliphatic heterocycles. The third-order valence-electron chi connectivity index (χ3n) is 3.29. The number of rotatable bonds is 2. The molecule has 3 aromatic rings. The predicted molar refractivity (Wildman–Crippen MR) is 85.9 cm³/mol. The number of carbonyl (C=O) groups excluding carboxylic acids is 1. The van der Waals surface area contributed by atoms with Gasteiger partial charge in [-0.05, 0) is 42.8 Å². The van der Waals surface area contributed by atoms with Gasteiger partial charge >= 0.3 is 0 Å². The van der Waals surface area contributed by atoms with Crippen LogP contribution in [0.5, 0.6) is 0 Å². The molecule has 0 spiro atoms. The standard InChI is InChI=1S/C16H10ClF2NOS/c1-8-14-10(18)3-2-4-13(14)22-15(8)16(21)20-12-6-5-9(17)7-11(12)19/h2-7H,1H3,(H,20,21). The molecule has 22 heavy (non-hydrogen) atoms. The summed E-state index contributed by atoms with van der Waals surface area (Å²) in [6.07, 6.45) is 0. The maximum Gasteiger partial charge on any atom is 0.266 e. The summed E-state index contributed by atoms with van der Waals surface area (Å²) in [7, 11) is 0. The minimum atomic E-state index is -0.620. The molecule has 2 aromatic carbocycles. The van der Waals surface area contributed by atoms with Crippen molar-refractivity contribution < 1.29 is 13.6 Å². The molecule has 0 radical (unpaired) electrons. The first-order chi connectivity index (χ1) is 10.5. The number of anilines is 1. The number of amides is 1. The van der Waals surface area contributed by atoms with E-state index in [1.54, 1.807) is 19.1 Å². The molecule has 0 saturated heterocycles. The fourth-order valence-corrected chi connectivity index (χ4v) is 3.52. The molecule has 0 aliphatic rings. The summed E-state index contributed by atoms with van der Waals surface area (Å²) < 4.78 is 28.3. The Labute approximate surface area is 134 Å². The highest BCUT2D eigenvalue weighted by Crippen LogP contribution is 2.33. The first-order valence-electron chi connectivity index (χ1n) is 6.41. The van der Waals surface area contributed by atoms with Gasteiger partial charge in [0.2, 0.25) is 0 Å². The van der Waals surface area contributed by atoms with Crippen molar-refractivity contribution in [3.63, 3.8) is 0 Å². The third kappa shape index (κ3) is 2.58. The van der Waals surface area contributed by atoms with Gasteiger partial charge in [0.25, 0.3) is 5.91 Å². The van der Waals surface area contributed by atoms with Crippen LogP contribution in [0.2, 0.25) is 5.02 Å². The summed E-state index contributed by atoms with van der Waals surface area (Å²) >= 11 is 6.85. The minimum absolute atomic E-state index is 0.0340. The molecule has 3 rings (SSSR count). The van der Waals surface area contributed by atoms with Crippen molar-refractivity contribution in [2.45, 2.75) is 6.92 Å². The second-order valence-electron chi connectivity index (χ2n) is 4.75. The van der Waals surface area contributed by atoms with E-state index in [1.165, 1.54) is 29.5 Å². The average Bonchev–Trinajstić information content (AvgIpc) is 2.80. The quantitative estimate of drug-likeness (QED) is 0.667. The summed E-state index contributed by atoms with van der Waals surface area (Å²) in [5, 5.41) is 3.16. The Balaban J connectivity index is 1.99. The van der Waals surface area contributed by atoms with Crippen LogP contribution in [0.15, 0.2) is 36.4 Å². The van der Waals surface area contributed by atoms with Gasteiger partial charge in [-0.1, -0.05) is 17.7 Å². The number of halogens is 3. The number of aryl methyl sites for hydroxylation is 1. The highest BCUT2D eigenvalue weighted by atomic mass is 35.5. The van der Waals surface area contributed by atoms with Gasteiger partial charge in [0, 0.05) is 15.1 Å². The number of benzene rings is 2. The van der Waals surface area contributed by atoms with E-state index < -0.39 is 11.7 Å². The minimum Gasteiger partial charge on any atom is -0.319 e. The Hall–Kier alpha value is -1.98. The maximum atomic E-state index is 13.9. The fourth-order valence-electron chi connectivity index (χ4n) is 2.24. The second kappa shape index (κ2) is 5.66. The van der Waals surface area contributed by atoms with Crippen LogP contribution in [0.4, 0.5) is 14.5 Å². The molecule has 0 aliphatic carbocycles. The van der Waals surface area contributed by atoms with Crippen LogP contribution in [0, 0.1) is 18.6 Å². The van der Waals surface area contributed by atoms with E-state index in [9.17, 15) is 13.6 Å². The average molecular weight is 338 g/mol. The van der Waals surface area contributed by atoms with Crippen molar-refractivity contribution in [2.75, 3.05) is 5.32 Å². The molecule has 0 unspecified atom stereocenters. The van der Waals surface area contributed by atoms with Crippen LogP contribution in [-0.2, 0) is 0 Å². The van der Waals surface area contributed by atoms with Crippen molar-refractivity contribution in [3.8, 4) is 0 Å². The molecular weight excluding hydrogens is 328 g/mol. The van der Waals surface area contributed by atoms with Crippen LogP contribution in [0.3, 0.4) is 0 Å². The van der Waals surface area contributed by atoms with E-state index in [0.717, 1.165) is 6.07 Å². The number of hydrogen-bond acceptors (Lipinski definition) is 2. The van der Waals surface area contributed by atoms with E-state index in [-0.39, 0.29) is 16.5 Å². The Morgan fingerprint density at radius 1 is 1.18 bits per heavy atom. The number of thiophene rings is 1. The Bertz CT molecular complexity index is 891. The van der Waals surface area contributed by atoms with E-state index in [4.69, 9.17) is 11.6 Å². The number of hydrogen-bond donors (Lipinski definition) is 1. The van der Waals surface area contributed by atoms with Crippen molar-refractivity contribution in [2.24, 2.45) is 0 Å². The fraction of sp³-hybridized carbons (Fsp3) is 0.0625. The molecule has 0 saturated carbocycles. The Morgan fingerprint density at radius 2 is 1.95 bits per heavy atom. The molecule has 1 aromatic heterocycles. The summed E-state index contributed by atoms with van der Waals surface area (Å²) in [4.78, 5) is 12.7. The smallest absolute Gasteiger partial charge is 0.266 e. The third-order valence-corrected chi connectivity index (χ3v) is 4.78. The van der Waals surface area contributed by atoms with Crippen LogP contribution in [0.1, 0.15) is 15.2 Å². The van der Waals surface area contributed by atoms with Gasteiger partial charge < -0.3 is 5.32 Å². The van der Waals surface area contributed by atoms with Crippen LogP contribution < -0.4 is 5.32 Å². The van der Waals surface area contributed by atoms with Crippen molar-refractivity contribution in [1.29, 1.82) is 0 Å². The van der Waals surface area contributed by atoms with Crippen molar-refractivity contribution in [1.82, 2.24) is 0 Å². The number of fused-ring (bicyclic) bond motifs is 1. The second-order valence-corrected chi connectivity index (χ2v) is 6.24. The van der Waals surface area contributed by atoms with E-state index in [1.807, 2.05) is 0 Å². The lowest BCUT2D eigenvalue weighted by Gasteiger charge is -2.06. The highest BCUT2D eigenvalue weighted by Gasteiger charge is 2.18. The van der Waals surface area contributed by atoms with E-state index in [0.29, 0.717) is 20.5 Å². The lowest BCUT2D eigenvalue weighted by molar-refractivity contribution is 0.102. The van der Waals surface area contributed by atoms with Crippen molar-refractivity contribution >= 4 is 44.6 Å². The van der Waals surface area contributed by atoms with Crippen LogP contribution in [-0.4, -0.2) is 5.91 Å². The van der Waals surface area contributed by atoms with E-state index in [2.05, 4.69) is 5.32 Å². The Morgan fingerprint density at radius 3 is 2.64 bits per heavy atom. The van der Waals surface area contributed by atoms with Gasteiger partial charge in [0.1, 0.15) is 11.6 Å². The van der Waals surface area contributed by atoms with Gasteiger partial charge in [0.15, 0.2) is 0 Å². The molecule has 2 nitrogen and oxygen atoms in total. The molecule has 6 heteroatoms.